The summed E-state index contributed by atoms with van der Waals surface area (Å²) < 4.78 is 4.36. The highest BCUT2D eigenvalue weighted by molar-refractivity contribution is 5.71. The average Bonchev–Trinajstić information content (AvgIpc) is 2.05. The first kappa shape index (κ1) is 8.12. The SMILES string of the molecule is NC(=O)Oc1ccc(C=O)nn1. The van der Waals surface area contributed by atoms with E-state index in [1.54, 1.807) is 0 Å². The molecule has 1 aromatic heterocycles. The van der Waals surface area contributed by atoms with Crippen molar-refractivity contribution in [3.05, 3.63) is 17.8 Å². The summed E-state index contributed by atoms with van der Waals surface area (Å²) >= 11 is 0. The lowest BCUT2D eigenvalue weighted by atomic mass is 10.4. The van der Waals surface area contributed by atoms with Crippen molar-refractivity contribution >= 4 is 12.4 Å². The molecule has 0 aliphatic rings. The average molecular weight is 167 g/mol. The number of aromatic nitrogens is 2. The number of hydrogen-bond donors (Lipinski definition) is 1. The lowest BCUT2D eigenvalue weighted by molar-refractivity contribution is 0.111. The molecule has 0 radical (unpaired) electrons. The molecule has 6 nitrogen and oxygen atoms in total. The second-order valence-electron chi connectivity index (χ2n) is 1.84. The van der Waals surface area contributed by atoms with Crippen LogP contribution in [0.1, 0.15) is 10.5 Å². The minimum atomic E-state index is -0.969. The fraction of sp³-hybridized carbons (Fsp3) is 0. The predicted octanol–water partition coefficient (Wildman–Crippen LogP) is -0.253. The van der Waals surface area contributed by atoms with Gasteiger partial charge in [0.2, 0.25) is 5.88 Å². The van der Waals surface area contributed by atoms with E-state index in [1.165, 1.54) is 12.1 Å². The summed E-state index contributed by atoms with van der Waals surface area (Å²) in [5, 5.41) is 6.78. The highest BCUT2D eigenvalue weighted by Crippen LogP contribution is 2.02. The molecule has 0 unspecified atom stereocenters. The number of nitrogens with two attached hydrogens (primary N) is 1. The molecule has 0 saturated heterocycles. The van der Waals surface area contributed by atoms with E-state index in [1.807, 2.05) is 0 Å². The molecule has 0 spiro atoms. The van der Waals surface area contributed by atoms with Crippen LogP contribution in [0, 0.1) is 0 Å². The van der Waals surface area contributed by atoms with Gasteiger partial charge >= 0.3 is 6.09 Å². The van der Waals surface area contributed by atoms with Gasteiger partial charge < -0.3 is 10.5 Å². The molecule has 1 aromatic rings. The Morgan fingerprint density at radius 2 is 2.25 bits per heavy atom. The van der Waals surface area contributed by atoms with Crippen LogP contribution in [0.3, 0.4) is 0 Å². The third-order valence-electron chi connectivity index (χ3n) is 0.987. The maximum atomic E-state index is 10.2. The molecule has 0 atom stereocenters. The lowest BCUT2D eigenvalue weighted by Crippen LogP contribution is -2.17. The fourth-order valence-corrected chi connectivity index (χ4v) is 0.551. The second kappa shape index (κ2) is 3.42. The molecule has 0 fully saturated rings. The van der Waals surface area contributed by atoms with Crippen molar-refractivity contribution in [3.63, 3.8) is 0 Å². The highest BCUT2D eigenvalue weighted by atomic mass is 16.6. The van der Waals surface area contributed by atoms with Crippen LogP contribution in [0.5, 0.6) is 5.88 Å². The van der Waals surface area contributed by atoms with E-state index in [9.17, 15) is 9.59 Å². The van der Waals surface area contributed by atoms with Gasteiger partial charge in [0.05, 0.1) is 0 Å². The van der Waals surface area contributed by atoms with Crippen molar-refractivity contribution in [1.29, 1.82) is 0 Å². The summed E-state index contributed by atoms with van der Waals surface area (Å²) in [7, 11) is 0. The fourth-order valence-electron chi connectivity index (χ4n) is 0.551. The molecule has 12 heavy (non-hydrogen) atoms. The molecule has 0 aliphatic carbocycles. The predicted molar refractivity (Wildman–Crippen MR) is 37.6 cm³/mol. The quantitative estimate of drug-likeness (QED) is 0.612. The monoisotopic (exact) mass is 167 g/mol. The Morgan fingerprint density at radius 1 is 1.50 bits per heavy atom. The summed E-state index contributed by atoms with van der Waals surface area (Å²) in [5.74, 6) is -0.0342. The Hall–Kier alpha value is -1.98. The zero-order valence-corrected chi connectivity index (χ0v) is 5.93. The molecule has 0 saturated carbocycles. The van der Waals surface area contributed by atoms with Gasteiger partial charge in [-0.2, -0.15) is 0 Å². The van der Waals surface area contributed by atoms with Crippen LogP contribution in [-0.4, -0.2) is 22.6 Å². The maximum absolute atomic E-state index is 10.2. The Labute approximate surface area is 67.3 Å². The highest BCUT2D eigenvalue weighted by Gasteiger charge is 2.00. The molecular weight excluding hydrogens is 162 g/mol. The smallest absolute Gasteiger partial charge is 0.390 e. The first-order valence-electron chi connectivity index (χ1n) is 2.98. The van der Waals surface area contributed by atoms with Gasteiger partial charge in [-0.3, -0.25) is 4.79 Å². The van der Waals surface area contributed by atoms with Crippen LogP contribution >= 0.6 is 0 Å². The number of ether oxygens (including phenoxy) is 1. The van der Waals surface area contributed by atoms with E-state index in [4.69, 9.17) is 5.73 Å². The molecule has 62 valence electrons. The molecule has 6 heteroatoms. The van der Waals surface area contributed by atoms with E-state index >= 15 is 0 Å². The van der Waals surface area contributed by atoms with Gasteiger partial charge in [-0.25, -0.2) is 4.79 Å². The molecule has 2 N–H and O–H groups in total. The van der Waals surface area contributed by atoms with Crippen molar-refractivity contribution in [3.8, 4) is 5.88 Å². The van der Waals surface area contributed by atoms with Gasteiger partial charge in [0.15, 0.2) is 6.29 Å². The Bertz CT molecular complexity index is 295. The van der Waals surface area contributed by atoms with E-state index in [-0.39, 0.29) is 11.6 Å². The largest absolute Gasteiger partial charge is 0.411 e. The Kier molecular flexibility index (Phi) is 2.32. The van der Waals surface area contributed by atoms with Gasteiger partial charge in [-0.15, -0.1) is 10.2 Å². The number of carbonyl (C=O) groups excluding carboxylic acids is 2. The molecule has 0 bridgehead atoms. The third-order valence-corrected chi connectivity index (χ3v) is 0.987. The Morgan fingerprint density at radius 3 is 2.67 bits per heavy atom. The van der Waals surface area contributed by atoms with E-state index in [0.717, 1.165) is 0 Å². The minimum absolute atomic E-state index is 0.0342. The van der Waals surface area contributed by atoms with Gasteiger partial charge in [0.25, 0.3) is 0 Å². The number of rotatable bonds is 2. The first-order chi connectivity index (χ1) is 5.72. The maximum Gasteiger partial charge on any atom is 0.411 e. The minimum Gasteiger partial charge on any atom is -0.390 e. The summed E-state index contributed by atoms with van der Waals surface area (Å²) in [6.07, 6.45) is -0.440. The van der Waals surface area contributed by atoms with Gasteiger partial charge in [0, 0.05) is 6.07 Å². The number of primary amides is 1. The van der Waals surface area contributed by atoms with Gasteiger partial charge in [-0.1, -0.05) is 0 Å². The van der Waals surface area contributed by atoms with Crippen LogP contribution in [-0.2, 0) is 0 Å². The lowest BCUT2D eigenvalue weighted by Gasteiger charge is -1.96. The standard InChI is InChI=1S/C6H5N3O3/c7-6(11)12-5-2-1-4(3-10)8-9-5/h1-3H,(H2,7,11). The molecular formula is C6H5N3O3. The molecule has 0 aromatic carbocycles. The van der Waals surface area contributed by atoms with E-state index in [2.05, 4.69) is 14.9 Å². The van der Waals surface area contributed by atoms with Crippen LogP contribution in [0.15, 0.2) is 12.1 Å². The van der Waals surface area contributed by atoms with Crippen molar-refractivity contribution in [1.82, 2.24) is 10.2 Å². The zero-order valence-electron chi connectivity index (χ0n) is 5.93. The van der Waals surface area contributed by atoms with Gasteiger partial charge in [0.1, 0.15) is 5.69 Å². The van der Waals surface area contributed by atoms with Crippen LogP contribution in [0.2, 0.25) is 0 Å². The molecule has 1 amide bonds. The zero-order chi connectivity index (χ0) is 8.97. The number of amides is 1. The number of aldehydes is 1. The Balaban J connectivity index is 2.77. The van der Waals surface area contributed by atoms with Crippen molar-refractivity contribution in [2.75, 3.05) is 0 Å². The van der Waals surface area contributed by atoms with E-state index in [0.29, 0.717) is 6.29 Å². The van der Waals surface area contributed by atoms with Crippen molar-refractivity contribution in [2.24, 2.45) is 5.73 Å². The van der Waals surface area contributed by atoms with Crippen LogP contribution in [0.4, 0.5) is 4.79 Å². The van der Waals surface area contributed by atoms with Crippen molar-refractivity contribution < 1.29 is 14.3 Å². The second-order valence-corrected chi connectivity index (χ2v) is 1.84. The summed E-state index contributed by atoms with van der Waals surface area (Å²) in [5.41, 5.74) is 4.86. The van der Waals surface area contributed by atoms with Crippen LogP contribution < -0.4 is 10.5 Å². The summed E-state index contributed by atoms with van der Waals surface area (Å²) in [6.45, 7) is 0. The third kappa shape index (κ3) is 2.01. The first-order valence-corrected chi connectivity index (χ1v) is 2.98. The molecule has 1 heterocycles. The normalized spacial score (nSPS) is 9.00. The number of nitrogens with zero attached hydrogens (tertiary/aromatic N) is 2. The summed E-state index contributed by atoms with van der Waals surface area (Å²) in [4.78, 5) is 20.3. The molecule has 1 rings (SSSR count). The molecule has 0 aliphatic heterocycles. The number of hydrogen-bond acceptors (Lipinski definition) is 5. The topological polar surface area (TPSA) is 95.2 Å². The van der Waals surface area contributed by atoms with Crippen LogP contribution in [0.25, 0.3) is 0 Å². The van der Waals surface area contributed by atoms with E-state index < -0.39 is 6.09 Å². The van der Waals surface area contributed by atoms with Crippen molar-refractivity contribution in [2.45, 2.75) is 0 Å². The number of carbonyl (C=O) groups is 2. The summed E-state index contributed by atoms with van der Waals surface area (Å²) in [6, 6.07) is 2.68. The van der Waals surface area contributed by atoms with Gasteiger partial charge in [-0.05, 0) is 6.07 Å².